The molecule has 0 spiro atoms. The number of carbonyl (C=O) groups excluding carboxylic acids is 1. The first-order chi connectivity index (χ1) is 13.5. The summed E-state index contributed by atoms with van der Waals surface area (Å²) in [6.07, 6.45) is 2.33. The summed E-state index contributed by atoms with van der Waals surface area (Å²) >= 11 is 3.06. The number of nitrogens with zero attached hydrogens (tertiary/aromatic N) is 1. The number of rotatable bonds is 5. The van der Waals surface area contributed by atoms with Gasteiger partial charge in [0.15, 0.2) is 0 Å². The topological polar surface area (TPSA) is 32.3 Å². The van der Waals surface area contributed by atoms with Crippen LogP contribution in [0.5, 0.6) is 0 Å². The van der Waals surface area contributed by atoms with Gasteiger partial charge in [-0.05, 0) is 74.5 Å². The van der Waals surface area contributed by atoms with E-state index in [1.165, 1.54) is 33.9 Å². The van der Waals surface area contributed by atoms with E-state index in [2.05, 4.69) is 24.1 Å². The first kappa shape index (κ1) is 19.3. The third-order valence-corrected chi connectivity index (χ3v) is 7.38. The zero-order chi connectivity index (χ0) is 19.7. The number of hydrogen-bond acceptors (Lipinski definition) is 4. The van der Waals surface area contributed by atoms with Crippen LogP contribution in [0.15, 0.2) is 41.8 Å². The summed E-state index contributed by atoms with van der Waals surface area (Å²) in [6, 6.07) is 10.5. The maximum absolute atomic E-state index is 13.6. The molecule has 3 heterocycles. The molecule has 3 aromatic rings. The van der Waals surface area contributed by atoms with Gasteiger partial charge in [0.05, 0.1) is 10.9 Å². The van der Waals surface area contributed by atoms with Crippen LogP contribution in [0.4, 0.5) is 9.39 Å². The van der Waals surface area contributed by atoms with Gasteiger partial charge in [-0.2, -0.15) is 0 Å². The van der Waals surface area contributed by atoms with E-state index in [9.17, 15) is 9.18 Å². The van der Waals surface area contributed by atoms with Crippen molar-refractivity contribution in [1.29, 1.82) is 0 Å². The minimum Gasteiger partial charge on any atom is -0.313 e. The lowest BCUT2D eigenvalue weighted by Crippen LogP contribution is -2.27. The van der Waals surface area contributed by atoms with E-state index >= 15 is 0 Å². The van der Waals surface area contributed by atoms with Crippen LogP contribution in [0.2, 0.25) is 0 Å². The molecule has 3 nitrogen and oxygen atoms in total. The number of aryl methyl sites for hydroxylation is 1. The number of nitrogens with one attached hydrogen (secondary N) is 1. The number of anilines is 1. The van der Waals surface area contributed by atoms with Crippen molar-refractivity contribution in [3.8, 4) is 0 Å². The van der Waals surface area contributed by atoms with Gasteiger partial charge < -0.3 is 5.32 Å². The van der Waals surface area contributed by atoms with Gasteiger partial charge in [-0.25, -0.2) is 4.39 Å². The Balaban J connectivity index is 1.77. The minimum absolute atomic E-state index is 0.0201. The van der Waals surface area contributed by atoms with Crippen molar-refractivity contribution < 1.29 is 9.18 Å². The Kier molecular flexibility index (Phi) is 5.62. The van der Waals surface area contributed by atoms with Crippen molar-refractivity contribution >= 4 is 33.6 Å². The highest BCUT2D eigenvalue weighted by atomic mass is 32.1. The third kappa shape index (κ3) is 3.77. The lowest BCUT2D eigenvalue weighted by Gasteiger charge is -2.29. The monoisotopic (exact) mass is 414 g/mol. The van der Waals surface area contributed by atoms with Crippen LogP contribution < -0.4 is 5.32 Å². The molecule has 28 heavy (non-hydrogen) atoms. The second-order valence-corrected chi connectivity index (χ2v) is 9.33. The van der Waals surface area contributed by atoms with Crippen molar-refractivity contribution in [3.63, 3.8) is 0 Å². The molecule has 0 saturated carbocycles. The average molecular weight is 415 g/mol. The SMILES string of the molecule is Cc1sc(NC(=O)c2cccs2)c([C@@H](c2ccc(F)cc2)N2CCCC2)c1C. The molecular weight excluding hydrogens is 391 g/mol. The zero-order valence-electron chi connectivity index (χ0n) is 16.0. The molecular formula is C22H23FN2OS2. The normalized spacial score (nSPS) is 15.7. The van der Waals surface area contributed by atoms with E-state index in [4.69, 9.17) is 0 Å². The fourth-order valence-electron chi connectivity index (χ4n) is 3.84. The highest BCUT2D eigenvalue weighted by Gasteiger charge is 2.31. The molecule has 1 N–H and O–H groups in total. The molecule has 1 fully saturated rings. The Morgan fingerprint density at radius 1 is 1.14 bits per heavy atom. The number of amides is 1. The summed E-state index contributed by atoms with van der Waals surface area (Å²) in [5.74, 6) is -0.301. The number of likely N-dealkylation sites (tertiary alicyclic amines) is 1. The molecule has 1 aliphatic rings. The molecule has 146 valence electrons. The van der Waals surface area contributed by atoms with Crippen molar-refractivity contribution in [2.24, 2.45) is 0 Å². The highest BCUT2D eigenvalue weighted by Crippen LogP contribution is 2.43. The number of carbonyl (C=O) groups is 1. The van der Waals surface area contributed by atoms with Gasteiger partial charge >= 0.3 is 0 Å². The van der Waals surface area contributed by atoms with Crippen molar-refractivity contribution in [2.45, 2.75) is 32.7 Å². The average Bonchev–Trinajstić information content (AvgIpc) is 3.43. The van der Waals surface area contributed by atoms with Gasteiger partial charge in [0.25, 0.3) is 5.91 Å². The smallest absolute Gasteiger partial charge is 0.266 e. The Morgan fingerprint density at radius 3 is 2.50 bits per heavy atom. The molecule has 0 radical (unpaired) electrons. The molecule has 4 rings (SSSR count). The summed E-state index contributed by atoms with van der Waals surface area (Å²) in [6.45, 7) is 6.23. The van der Waals surface area contributed by atoms with Crippen LogP contribution in [-0.2, 0) is 0 Å². The van der Waals surface area contributed by atoms with Gasteiger partial charge in [0, 0.05) is 10.4 Å². The molecule has 0 aliphatic carbocycles. The summed E-state index contributed by atoms with van der Waals surface area (Å²) in [5, 5.41) is 5.96. The van der Waals surface area contributed by atoms with E-state index in [0.717, 1.165) is 42.1 Å². The van der Waals surface area contributed by atoms with Crippen LogP contribution in [0.3, 0.4) is 0 Å². The Morgan fingerprint density at radius 2 is 1.86 bits per heavy atom. The fourth-order valence-corrected chi connectivity index (χ4v) is 5.55. The molecule has 0 unspecified atom stereocenters. The molecule has 1 amide bonds. The van der Waals surface area contributed by atoms with Crippen molar-refractivity contribution in [3.05, 3.63) is 74.0 Å². The van der Waals surface area contributed by atoms with E-state index in [-0.39, 0.29) is 17.8 Å². The van der Waals surface area contributed by atoms with Gasteiger partial charge in [-0.15, -0.1) is 22.7 Å². The third-order valence-electron chi connectivity index (χ3n) is 5.37. The fraction of sp³-hybridized carbons (Fsp3) is 0.318. The molecule has 1 saturated heterocycles. The van der Waals surface area contributed by atoms with E-state index < -0.39 is 0 Å². The second kappa shape index (κ2) is 8.15. The van der Waals surface area contributed by atoms with Crippen molar-refractivity contribution in [1.82, 2.24) is 4.90 Å². The molecule has 6 heteroatoms. The Hall–Kier alpha value is -2.02. The molecule has 1 atom stereocenters. The minimum atomic E-state index is -0.228. The Labute approximate surface area is 172 Å². The summed E-state index contributed by atoms with van der Waals surface area (Å²) in [7, 11) is 0. The first-order valence-corrected chi connectivity index (χ1v) is 11.2. The lowest BCUT2D eigenvalue weighted by molar-refractivity contribution is 0.103. The van der Waals surface area contributed by atoms with Gasteiger partial charge in [0.2, 0.25) is 0 Å². The highest BCUT2D eigenvalue weighted by molar-refractivity contribution is 7.17. The summed E-state index contributed by atoms with van der Waals surface area (Å²) in [4.78, 5) is 17.1. The zero-order valence-corrected chi connectivity index (χ0v) is 17.6. The van der Waals surface area contributed by atoms with Crippen LogP contribution >= 0.6 is 22.7 Å². The van der Waals surface area contributed by atoms with Crippen LogP contribution in [0, 0.1) is 19.7 Å². The molecule has 1 aromatic carbocycles. The maximum atomic E-state index is 13.6. The molecule has 0 bridgehead atoms. The molecule has 2 aromatic heterocycles. The number of benzene rings is 1. The predicted molar refractivity (Wildman–Crippen MR) is 115 cm³/mol. The first-order valence-electron chi connectivity index (χ1n) is 9.49. The number of thiophene rings is 2. The largest absolute Gasteiger partial charge is 0.313 e. The lowest BCUT2D eigenvalue weighted by atomic mass is 9.95. The van der Waals surface area contributed by atoms with E-state index in [1.807, 2.05) is 29.6 Å². The van der Waals surface area contributed by atoms with Gasteiger partial charge in [-0.1, -0.05) is 18.2 Å². The number of hydrogen-bond donors (Lipinski definition) is 1. The Bertz CT molecular complexity index is 957. The van der Waals surface area contributed by atoms with Gasteiger partial charge in [-0.3, -0.25) is 9.69 Å². The summed E-state index contributed by atoms with van der Waals surface area (Å²) in [5.41, 5.74) is 3.41. The quantitative estimate of drug-likeness (QED) is 0.555. The summed E-state index contributed by atoms with van der Waals surface area (Å²) < 4.78 is 13.6. The van der Waals surface area contributed by atoms with Crippen molar-refractivity contribution in [2.75, 3.05) is 18.4 Å². The van der Waals surface area contributed by atoms with Crippen LogP contribution in [-0.4, -0.2) is 23.9 Å². The number of halogens is 1. The van der Waals surface area contributed by atoms with Crippen LogP contribution in [0.25, 0.3) is 0 Å². The standard InChI is InChI=1S/C22H23FN2OS2/c1-14-15(2)28-22(24-21(26)18-6-5-13-27-18)19(14)20(25-11-3-4-12-25)16-7-9-17(23)10-8-16/h5-10,13,20H,3-4,11-12H2,1-2H3,(H,24,26)/t20-/m1/s1. The van der Waals surface area contributed by atoms with Gasteiger partial charge in [0.1, 0.15) is 10.8 Å². The van der Waals surface area contributed by atoms with E-state index in [0.29, 0.717) is 4.88 Å². The second-order valence-electron chi connectivity index (χ2n) is 7.15. The van der Waals surface area contributed by atoms with E-state index in [1.54, 1.807) is 11.3 Å². The maximum Gasteiger partial charge on any atom is 0.266 e. The molecule has 1 aliphatic heterocycles. The van der Waals surface area contributed by atoms with Crippen LogP contribution in [0.1, 0.15) is 50.1 Å². The predicted octanol–water partition coefficient (Wildman–Crippen LogP) is 6.00.